The molecular weight excluding hydrogens is 386 g/mol. The minimum absolute atomic E-state index is 0.0810. The predicted octanol–water partition coefficient (Wildman–Crippen LogP) is 6.81. The zero-order chi connectivity index (χ0) is 21.7. The third-order valence-electron chi connectivity index (χ3n) is 5.79. The van der Waals surface area contributed by atoms with Gasteiger partial charge in [-0.15, -0.1) is 0 Å². The SMILES string of the molecule is CCCCCCCCCCCCc1cc(C(C(=O)n2ccnc2)c2ccccc2)no1. The first kappa shape index (κ1) is 23.0. The van der Waals surface area contributed by atoms with Gasteiger partial charge in [-0.2, -0.15) is 0 Å². The fraction of sp³-hybridized carbons (Fsp3) is 0.500. The Bertz CT molecular complexity index is 871. The summed E-state index contributed by atoms with van der Waals surface area (Å²) in [7, 11) is 0. The monoisotopic (exact) mass is 421 g/mol. The van der Waals surface area contributed by atoms with Crippen LogP contribution in [0.5, 0.6) is 0 Å². The molecule has 0 N–H and O–H groups in total. The Kier molecular flexibility index (Phi) is 9.55. The van der Waals surface area contributed by atoms with E-state index in [1.165, 1.54) is 68.7 Å². The molecule has 0 bridgehead atoms. The maximum Gasteiger partial charge on any atom is 0.245 e. The quantitative estimate of drug-likeness (QED) is 0.268. The van der Waals surface area contributed by atoms with Crippen molar-refractivity contribution in [3.8, 4) is 0 Å². The van der Waals surface area contributed by atoms with Gasteiger partial charge in [-0.1, -0.05) is 100 Å². The van der Waals surface area contributed by atoms with Gasteiger partial charge < -0.3 is 4.52 Å². The highest BCUT2D eigenvalue weighted by atomic mass is 16.5. The number of aryl methyl sites for hydroxylation is 1. The highest BCUT2D eigenvalue weighted by Crippen LogP contribution is 2.27. The lowest BCUT2D eigenvalue weighted by atomic mass is 9.94. The van der Waals surface area contributed by atoms with E-state index in [1.54, 1.807) is 12.4 Å². The number of carbonyl (C=O) groups is 1. The summed E-state index contributed by atoms with van der Waals surface area (Å²) in [6.45, 7) is 2.26. The Morgan fingerprint density at radius 2 is 1.65 bits per heavy atom. The highest BCUT2D eigenvalue weighted by Gasteiger charge is 2.27. The molecule has 0 spiro atoms. The largest absolute Gasteiger partial charge is 0.361 e. The molecule has 1 aromatic carbocycles. The molecule has 3 aromatic rings. The van der Waals surface area contributed by atoms with E-state index in [9.17, 15) is 4.79 Å². The summed E-state index contributed by atoms with van der Waals surface area (Å²) in [6, 6.07) is 11.7. The smallest absolute Gasteiger partial charge is 0.245 e. The van der Waals surface area contributed by atoms with Crippen LogP contribution in [0, 0.1) is 0 Å². The summed E-state index contributed by atoms with van der Waals surface area (Å²) in [5, 5.41) is 4.26. The fourth-order valence-corrected chi connectivity index (χ4v) is 3.99. The van der Waals surface area contributed by atoms with Gasteiger partial charge in [0.2, 0.25) is 5.91 Å². The van der Waals surface area contributed by atoms with Gasteiger partial charge >= 0.3 is 0 Å². The Balaban J connectivity index is 1.49. The minimum atomic E-state index is -0.499. The summed E-state index contributed by atoms with van der Waals surface area (Å²) >= 11 is 0. The molecule has 3 rings (SSSR count). The normalized spacial score (nSPS) is 12.2. The van der Waals surface area contributed by atoms with Crippen molar-refractivity contribution in [3.63, 3.8) is 0 Å². The first-order chi connectivity index (χ1) is 15.3. The molecule has 5 heteroatoms. The zero-order valence-corrected chi connectivity index (χ0v) is 18.7. The van der Waals surface area contributed by atoms with Gasteiger partial charge in [0.25, 0.3) is 0 Å². The molecule has 0 aliphatic rings. The summed E-state index contributed by atoms with van der Waals surface area (Å²) in [4.78, 5) is 17.1. The van der Waals surface area contributed by atoms with Gasteiger partial charge in [0.15, 0.2) is 0 Å². The predicted molar refractivity (Wildman–Crippen MR) is 123 cm³/mol. The van der Waals surface area contributed by atoms with E-state index < -0.39 is 5.92 Å². The lowest BCUT2D eigenvalue weighted by Crippen LogP contribution is -2.20. The molecule has 0 radical (unpaired) electrons. The summed E-state index contributed by atoms with van der Waals surface area (Å²) in [5.74, 6) is 0.275. The molecule has 2 heterocycles. The molecule has 1 unspecified atom stereocenters. The van der Waals surface area contributed by atoms with Crippen LogP contribution in [-0.4, -0.2) is 20.6 Å². The van der Waals surface area contributed by atoms with Gasteiger partial charge in [0, 0.05) is 24.9 Å². The number of imidazole rings is 1. The van der Waals surface area contributed by atoms with Crippen LogP contribution in [0.2, 0.25) is 0 Å². The molecule has 0 saturated carbocycles. The summed E-state index contributed by atoms with van der Waals surface area (Å²) < 4.78 is 7.10. The standard InChI is InChI=1S/C26H35N3O2/c1-2-3-4-5-6-7-8-9-10-14-17-23-20-24(28-31-23)25(22-15-12-11-13-16-22)26(30)29-19-18-27-21-29/h11-13,15-16,18-21,25H,2-10,14,17H2,1H3. The average molecular weight is 422 g/mol. The number of rotatable bonds is 14. The van der Waals surface area contributed by atoms with Crippen molar-refractivity contribution >= 4 is 5.91 Å². The Labute approximate surface area is 185 Å². The maximum absolute atomic E-state index is 13.1. The summed E-state index contributed by atoms with van der Waals surface area (Å²) in [6.07, 6.45) is 18.8. The van der Waals surface area contributed by atoms with E-state index in [1.807, 2.05) is 36.4 Å². The second kappa shape index (κ2) is 12.9. The Morgan fingerprint density at radius 1 is 0.968 bits per heavy atom. The topological polar surface area (TPSA) is 60.9 Å². The van der Waals surface area contributed by atoms with E-state index in [2.05, 4.69) is 17.1 Å². The van der Waals surface area contributed by atoms with E-state index in [0.29, 0.717) is 5.69 Å². The van der Waals surface area contributed by atoms with Crippen molar-refractivity contribution in [3.05, 3.63) is 72.1 Å². The van der Waals surface area contributed by atoms with Crippen LogP contribution in [0.15, 0.2) is 59.6 Å². The first-order valence-electron chi connectivity index (χ1n) is 11.8. The van der Waals surface area contributed by atoms with Crippen molar-refractivity contribution in [1.82, 2.24) is 14.7 Å². The van der Waals surface area contributed by atoms with Crippen LogP contribution < -0.4 is 0 Å². The van der Waals surface area contributed by atoms with Crippen molar-refractivity contribution in [2.45, 2.75) is 83.5 Å². The molecule has 2 aromatic heterocycles. The van der Waals surface area contributed by atoms with Gasteiger partial charge in [-0.25, -0.2) is 4.98 Å². The lowest BCUT2D eigenvalue weighted by molar-refractivity contribution is 0.0890. The van der Waals surface area contributed by atoms with E-state index >= 15 is 0 Å². The number of aromatic nitrogens is 3. The molecule has 0 aliphatic carbocycles. The number of benzene rings is 1. The van der Waals surface area contributed by atoms with E-state index in [4.69, 9.17) is 4.52 Å². The molecule has 31 heavy (non-hydrogen) atoms. The summed E-state index contributed by atoms with van der Waals surface area (Å²) in [5.41, 5.74) is 1.56. The number of unbranched alkanes of at least 4 members (excludes halogenated alkanes) is 9. The Morgan fingerprint density at radius 3 is 2.29 bits per heavy atom. The van der Waals surface area contributed by atoms with E-state index in [0.717, 1.165) is 24.2 Å². The van der Waals surface area contributed by atoms with Crippen molar-refractivity contribution in [1.29, 1.82) is 0 Å². The fourth-order valence-electron chi connectivity index (χ4n) is 3.99. The average Bonchev–Trinajstić information content (AvgIpc) is 3.49. The third-order valence-corrected chi connectivity index (χ3v) is 5.79. The number of hydrogen-bond donors (Lipinski definition) is 0. The number of carbonyl (C=O) groups excluding carboxylic acids is 1. The number of hydrogen-bond acceptors (Lipinski definition) is 4. The van der Waals surface area contributed by atoms with Gasteiger partial charge in [-0.3, -0.25) is 9.36 Å². The van der Waals surface area contributed by atoms with E-state index in [-0.39, 0.29) is 5.91 Å². The molecule has 5 nitrogen and oxygen atoms in total. The van der Waals surface area contributed by atoms with Crippen molar-refractivity contribution in [2.24, 2.45) is 0 Å². The highest BCUT2D eigenvalue weighted by molar-refractivity contribution is 5.88. The van der Waals surface area contributed by atoms with Gasteiger partial charge in [-0.05, 0) is 12.0 Å². The molecule has 0 aliphatic heterocycles. The molecule has 0 amide bonds. The molecule has 1 atom stereocenters. The maximum atomic E-state index is 13.1. The van der Waals surface area contributed by atoms with Crippen LogP contribution in [0.4, 0.5) is 0 Å². The van der Waals surface area contributed by atoms with Crippen LogP contribution in [-0.2, 0) is 6.42 Å². The lowest BCUT2D eigenvalue weighted by Gasteiger charge is -2.13. The van der Waals surface area contributed by atoms with Crippen molar-refractivity contribution in [2.75, 3.05) is 0 Å². The second-order valence-electron chi connectivity index (χ2n) is 8.30. The van der Waals surface area contributed by atoms with Crippen LogP contribution >= 0.6 is 0 Å². The second-order valence-corrected chi connectivity index (χ2v) is 8.30. The first-order valence-corrected chi connectivity index (χ1v) is 11.8. The van der Waals surface area contributed by atoms with Crippen LogP contribution in [0.3, 0.4) is 0 Å². The zero-order valence-electron chi connectivity index (χ0n) is 18.7. The van der Waals surface area contributed by atoms with Gasteiger partial charge in [0.05, 0.1) is 0 Å². The van der Waals surface area contributed by atoms with Gasteiger partial charge in [0.1, 0.15) is 23.7 Å². The molecular formula is C26H35N3O2. The molecule has 0 saturated heterocycles. The Hall–Kier alpha value is -2.69. The van der Waals surface area contributed by atoms with Crippen molar-refractivity contribution < 1.29 is 9.32 Å². The van der Waals surface area contributed by atoms with Crippen LogP contribution in [0.1, 0.15) is 98.9 Å². The van der Waals surface area contributed by atoms with Crippen LogP contribution in [0.25, 0.3) is 0 Å². The number of nitrogens with zero attached hydrogens (tertiary/aromatic N) is 3. The minimum Gasteiger partial charge on any atom is -0.361 e. The third kappa shape index (κ3) is 7.20. The molecule has 0 fully saturated rings. The molecule has 166 valence electrons.